The first-order valence-electron chi connectivity index (χ1n) is 9.63. The fourth-order valence-electron chi connectivity index (χ4n) is 3.33. The molecule has 1 aromatic heterocycles. The number of aromatic nitrogens is 1. The number of ether oxygens (including phenoxy) is 2. The largest absolute Gasteiger partial charge is 0.489 e. The first-order chi connectivity index (χ1) is 14.0. The van der Waals surface area contributed by atoms with Crippen LogP contribution in [0, 0.1) is 6.92 Å². The SMILES string of the molecule is C=CCC(N)(C(=O)OCC)c1ccc(OCc2cc(C)nc3ccccc23)cc1. The number of carbonyl (C=O) groups is 1. The number of hydrogen-bond acceptors (Lipinski definition) is 5. The average molecular weight is 390 g/mol. The molecule has 3 rings (SSSR count). The minimum Gasteiger partial charge on any atom is -0.489 e. The molecule has 2 N–H and O–H groups in total. The van der Waals surface area contributed by atoms with E-state index < -0.39 is 11.5 Å². The number of para-hydroxylation sites is 1. The summed E-state index contributed by atoms with van der Waals surface area (Å²) in [4.78, 5) is 16.9. The quantitative estimate of drug-likeness (QED) is 0.455. The van der Waals surface area contributed by atoms with Gasteiger partial charge in [-0.2, -0.15) is 0 Å². The number of aryl methyl sites for hydroxylation is 1. The van der Waals surface area contributed by atoms with E-state index in [1.54, 1.807) is 25.1 Å². The van der Waals surface area contributed by atoms with Crippen molar-refractivity contribution >= 4 is 16.9 Å². The molecule has 0 saturated heterocycles. The van der Waals surface area contributed by atoms with Crippen molar-refractivity contribution in [2.45, 2.75) is 32.4 Å². The van der Waals surface area contributed by atoms with E-state index in [1.165, 1.54) is 0 Å². The molecule has 0 saturated carbocycles. The Morgan fingerprint density at radius 3 is 2.62 bits per heavy atom. The zero-order chi connectivity index (χ0) is 20.9. The molecule has 0 amide bonds. The molecule has 0 aliphatic rings. The molecule has 1 atom stereocenters. The Hall–Kier alpha value is -3.18. The fraction of sp³-hybridized carbons (Fsp3) is 0.250. The summed E-state index contributed by atoms with van der Waals surface area (Å²) in [7, 11) is 0. The van der Waals surface area contributed by atoms with Gasteiger partial charge in [0.1, 0.15) is 17.9 Å². The Morgan fingerprint density at radius 1 is 1.21 bits per heavy atom. The zero-order valence-corrected chi connectivity index (χ0v) is 16.9. The van der Waals surface area contributed by atoms with Crippen LogP contribution in [0.25, 0.3) is 10.9 Å². The van der Waals surface area contributed by atoms with Crippen LogP contribution in [0.5, 0.6) is 5.75 Å². The minimum absolute atomic E-state index is 0.273. The van der Waals surface area contributed by atoms with E-state index in [9.17, 15) is 4.79 Å². The molecular weight excluding hydrogens is 364 g/mol. The van der Waals surface area contributed by atoms with E-state index in [0.29, 0.717) is 17.9 Å². The second-order valence-electron chi connectivity index (χ2n) is 6.94. The average Bonchev–Trinajstić information content (AvgIpc) is 2.72. The third kappa shape index (κ3) is 4.46. The maximum Gasteiger partial charge on any atom is 0.331 e. The fourth-order valence-corrected chi connectivity index (χ4v) is 3.33. The highest BCUT2D eigenvalue weighted by atomic mass is 16.5. The minimum atomic E-state index is -1.26. The van der Waals surface area contributed by atoms with Gasteiger partial charge in [0.25, 0.3) is 0 Å². The van der Waals surface area contributed by atoms with E-state index in [-0.39, 0.29) is 13.0 Å². The molecule has 1 heterocycles. The standard InChI is InChI=1S/C24H26N2O3/c1-4-14-24(25,23(27)28-5-2)19-10-12-20(13-11-19)29-16-18-15-17(3)26-22-9-7-6-8-21(18)22/h4,6-13,15H,1,5,14,16,25H2,2-3H3. The van der Waals surface area contributed by atoms with Gasteiger partial charge in [-0.3, -0.25) is 4.98 Å². The Bertz CT molecular complexity index is 1010. The van der Waals surface area contributed by atoms with Gasteiger partial charge in [0, 0.05) is 16.6 Å². The maximum atomic E-state index is 12.4. The first-order valence-corrected chi connectivity index (χ1v) is 9.63. The summed E-state index contributed by atoms with van der Waals surface area (Å²) in [6.45, 7) is 8.13. The van der Waals surface area contributed by atoms with Gasteiger partial charge in [-0.05, 0) is 50.1 Å². The normalized spacial score (nSPS) is 12.9. The Morgan fingerprint density at radius 2 is 1.93 bits per heavy atom. The third-order valence-corrected chi connectivity index (χ3v) is 4.80. The predicted octanol–water partition coefficient (Wildman–Crippen LogP) is 4.42. The van der Waals surface area contributed by atoms with Crippen LogP contribution in [-0.4, -0.2) is 17.6 Å². The second kappa shape index (κ2) is 8.88. The lowest BCUT2D eigenvalue weighted by Gasteiger charge is -2.26. The number of carbonyl (C=O) groups excluding carboxylic acids is 1. The van der Waals surface area contributed by atoms with Crippen molar-refractivity contribution in [1.82, 2.24) is 4.98 Å². The molecule has 0 spiro atoms. The zero-order valence-electron chi connectivity index (χ0n) is 16.9. The lowest BCUT2D eigenvalue weighted by molar-refractivity contribution is -0.150. The van der Waals surface area contributed by atoms with Gasteiger partial charge < -0.3 is 15.2 Å². The molecule has 3 aromatic rings. The van der Waals surface area contributed by atoms with Gasteiger partial charge in [0.2, 0.25) is 0 Å². The maximum absolute atomic E-state index is 12.4. The predicted molar refractivity (Wildman–Crippen MR) is 115 cm³/mol. The lowest BCUT2D eigenvalue weighted by atomic mass is 9.87. The summed E-state index contributed by atoms with van der Waals surface area (Å²) >= 11 is 0. The Balaban J connectivity index is 1.79. The summed E-state index contributed by atoms with van der Waals surface area (Å²) in [5, 5.41) is 1.07. The smallest absolute Gasteiger partial charge is 0.331 e. The number of fused-ring (bicyclic) bond motifs is 1. The number of nitrogens with two attached hydrogens (primary N) is 1. The Kier molecular flexibility index (Phi) is 6.29. The number of pyridine rings is 1. The molecule has 1 unspecified atom stereocenters. The van der Waals surface area contributed by atoms with E-state index in [4.69, 9.17) is 15.2 Å². The molecule has 0 fully saturated rings. The number of rotatable bonds is 8. The van der Waals surface area contributed by atoms with Crippen molar-refractivity contribution in [2.24, 2.45) is 5.73 Å². The first kappa shape index (κ1) is 20.6. The number of benzene rings is 2. The highest BCUT2D eigenvalue weighted by molar-refractivity contribution is 5.83. The van der Waals surface area contributed by atoms with E-state index >= 15 is 0 Å². The highest BCUT2D eigenvalue weighted by Crippen LogP contribution is 2.27. The van der Waals surface area contributed by atoms with Crippen molar-refractivity contribution in [2.75, 3.05) is 6.61 Å². The van der Waals surface area contributed by atoms with Crippen molar-refractivity contribution in [3.05, 3.63) is 84.1 Å². The number of hydrogen-bond donors (Lipinski definition) is 1. The van der Waals surface area contributed by atoms with E-state index in [0.717, 1.165) is 22.2 Å². The van der Waals surface area contributed by atoms with Crippen LogP contribution in [-0.2, 0) is 21.7 Å². The molecule has 2 aromatic carbocycles. The second-order valence-corrected chi connectivity index (χ2v) is 6.94. The van der Waals surface area contributed by atoms with Crippen molar-refractivity contribution < 1.29 is 14.3 Å². The molecule has 5 heteroatoms. The molecule has 5 nitrogen and oxygen atoms in total. The van der Waals surface area contributed by atoms with Crippen LogP contribution in [0.1, 0.15) is 30.2 Å². The molecule has 0 aliphatic carbocycles. The lowest BCUT2D eigenvalue weighted by Crippen LogP contribution is -2.45. The van der Waals surface area contributed by atoms with Crippen LogP contribution >= 0.6 is 0 Å². The summed E-state index contributed by atoms with van der Waals surface area (Å²) in [5.41, 5.74) is 8.74. The van der Waals surface area contributed by atoms with Gasteiger partial charge in [0.05, 0.1) is 12.1 Å². The molecule has 0 radical (unpaired) electrons. The van der Waals surface area contributed by atoms with Gasteiger partial charge in [-0.15, -0.1) is 6.58 Å². The van der Waals surface area contributed by atoms with E-state index in [1.807, 2.05) is 49.4 Å². The highest BCUT2D eigenvalue weighted by Gasteiger charge is 2.36. The van der Waals surface area contributed by atoms with Crippen molar-refractivity contribution in [3.8, 4) is 5.75 Å². The molecule has 0 bridgehead atoms. The summed E-state index contributed by atoms with van der Waals surface area (Å²) in [6, 6.07) is 17.3. The molecular formula is C24H26N2O3. The van der Waals surface area contributed by atoms with Crippen LogP contribution in [0.4, 0.5) is 0 Å². The van der Waals surface area contributed by atoms with Gasteiger partial charge in [-0.25, -0.2) is 4.79 Å². The van der Waals surface area contributed by atoms with Crippen molar-refractivity contribution in [3.63, 3.8) is 0 Å². The summed E-state index contributed by atoms with van der Waals surface area (Å²) in [5.74, 6) is 0.226. The third-order valence-electron chi connectivity index (χ3n) is 4.80. The Labute approximate surface area is 171 Å². The van der Waals surface area contributed by atoms with Gasteiger partial charge >= 0.3 is 5.97 Å². The number of esters is 1. The summed E-state index contributed by atoms with van der Waals surface area (Å²) < 4.78 is 11.1. The van der Waals surface area contributed by atoms with Gasteiger partial charge in [0.15, 0.2) is 0 Å². The van der Waals surface area contributed by atoms with Crippen molar-refractivity contribution in [1.29, 1.82) is 0 Å². The van der Waals surface area contributed by atoms with Crippen LogP contribution in [0.3, 0.4) is 0 Å². The summed E-state index contributed by atoms with van der Waals surface area (Å²) in [6.07, 6.45) is 1.91. The van der Waals surface area contributed by atoms with Crippen LogP contribution in [0.15, 0.2) is 67.3 Å². The topological polar surface area (TPSA) is 74.4 Å². The van der Waals surface area contributed by atoms with Crippen LogP contribution < -0.4 is 10.5 Å². The number of nitrogens with zero attached hydrogens (tertiary/aromatic N) is 1. The van der Waals surface area contributed by atoms with Gasteiger partial charge in [-0.1, -0.05) is 36.4 Å². The molecule has 0 aliphatic heterocycles. The molecule has 29 heavy (non-hydrogen) atoms. The monoisotopic (exact) mass is 390 g/mol. The van der Waals surface area contributed by atoms with E-state index in [2.05, 4.69) is 11.6 Å². The molecule has 150 valence electrons. The van der Waals surface area contributed by atoms with Crippen LogP contribution in [0.2, 0.25) is 0 Å².